The highest BCUT2D eigenvalue weighted by Crippen LogP contribution is 2.02. The topological polar surface area (TPSA) is 18.5 Å². The van der Waals surface area contributed by atoms with E-state index >= 15 is 0 Å². The maximum absolute atomic E-state index is 3.42. The Kier molecular flexibility index (Phi) is 5.45. The highest BCUT2D eigenvalue weighted by atomic mass is 15.2. The van der Waals surface area contributed by atoms with E-state index in [0.717, 1.165) is 13.1 Å². The zero-order valence-corrected chi connectivity index (χ0v) is 9.92. The zero-order chi connectivity index (χ0) is 10.4. The number of nitrogens with one attached hydrogen (secondary N) is 1. The molecule has 3 nitrogen and oxygen atoms in total. The molecule has 0 aliphatic carbocycles. The molecule has 14 heavy (non-hydrogen) atoms. The van der Waals surface area contributed by atoms with Crippen LogP contribution in [0.2, 0.25) is 0 Å². The average molecular weight is 199 g/mol. The quantitative estimate of drug-likeness (QED) is 0.700. The molecule has 1 fully saturated rings. The van der Waals surface area contributed by atoms with Crippen molar-refractivity contribution in [3.63, 3.8) is 0 Å². The van der Waals surface area contributed by atoms with Gasteiger partial charge in [0, 0.05) is 38.8 Å². The van der Waals surface area contributed by atoms with Crippen molar-refractivity contribution in [1.82, 2.24) is 15.1 Å². The third-order valence-electron chi connectivity index (χ3n) is 3.24. The van der Waals surface area contributed by atoms with E-state index in [9.17, 15) is 0 Å². The number of hydrogen-bond acceptors (Lipinski definition) is 3. The summed E-state index contributed by atoms with van der Waals surface area (Å²) in [5.41, 5.74) is 0. The third kappa shape index (κ3) is 3.56. The van der Waals surface area contributed by atoms with Gasteiger partial charge in [-0.15, -0.1) is 0 Å². The molecule has 1 aliphatic rings. The van der Waals surface area contributed by atoms with E-state index < -0.39 is 0 Å². The van der Waals surface area contributed by atoms with Gasteiger partial charge in [-0.1, -0.05) is 13.8 Å². The minimum atomic E-state index is 0.708. The molecule has 0 bridgehead atoms. The van der Waals surface area contributed by atoms with Crippen LogP contribution in [0.5, 0.6) is 0 Å². The first-order chi connectivity index (χ1) is 6.77. The molecule has 1 N–H and O–H groups in total. The lowest BCUT2D eigenvalue weighted by Gasteiger charge is -2.35. The summed E-state index contributed by atoms with van der Waals surface area (Å²) in [6.07, 6.45) is 0. The molecule has 1 heterocycles. The van der Waals surface area contributed by atoms with Crippen LogP contribution in [0.4, 0.5) is 0 Å². The number of nitrogens with zero attached hydrogens (tertiary/aromatic N) is 2. The molecule has 0 saturated carbocycles. The number of piperazine rings is 1. The molecule has 1 aliphatic heterocycles. The Morgan fingerprint density at radius 2 is 2.07 bits per heavy atom. The van der Waals surface area contributed by atoms with E-state index in [1.54, 1.807) is 0 Å². The molecule has 1 saturated heterocycles. The van der Waals surface area contributed by atoms with Gasteiger partial charge in [-0.2, -0.15) is 0 Å². The second-order valence-corrected chi connectivity index (χ2v) is 4.12. The van der Waals surface area contributed by atoms with E-state index in [0.29, 0.717) is 6.04 Å². The summed E-state index contributed by atoms with van der Waals surface area (Å²) in [5.74, 6) is 0. The fraction of sp³-hybridized carbons (Fsp3) is 1.00. The Hall–Kier alpha value is -0.120. The molecule has 0 unspecified atom stereocenters. The molecule has 0 aromatic rings. The first-order valence-corrected chi connectivity index (χ1v) is 5.95. The lowest BCUT2D eigenvalue weighted by atomic mass is 10.2. The molecular weight excluding hydrogens is 174 g/mol. The summed E-state index contributed by atoms with van der Waals surface area (Å²) in [6.45, 7) is 15.1. The van der Waals surface area contributed by atoms with Crippen LogP contribution in [0.3, 0.4) is 0 Å². The fourth-order valence-electron chi connectivity index (χ4n) is 2.02. The SMILES string of the molecule is CCN(CC)CCN1CCNC[C@H]1C. The number of hydrogen-bond donors (Lipinski definition) is 1. The van der Waals surface area contributed by atoms with Gasteiger partial charge in [0.25, 0.3) is 0 Å². The molecule has 1 rings (SSSR count). The Morgan fingerprint density at radius 3 is 2.64 bits per heavy atom. The van der Waals surface area contributed by atoms with Gasteiger partial charge in [0.1, 0.15) is 0 Å². The lowest BCUT2D eigenvalue weighted by molar-refractivity contribution is 0.149. The summed E-state index contributed by atoms with van der Waals surface area (Å²) in [4.78, 5) is 5.09. The summed E-state index contributed by atoms with van der Waals surface area (Å²) in [7, 11) is 0. The number of rotatable bonds is 5. The monoisotopic (exact) mass is 199 g/mol. The molecule has 0 amide bonds. The van der Waals surface area contributed by atoms with Crippen molar-refractivity contribution in [3.05, 3.63) is 0 Å². The Bertz CT molecular complexity index is 145. The summed E-state index contributed by atoms with van der Waals surface area (Å²) in [6, 6.07) is 0.708. The maximum Gasteiger partial charge on any atom is 0.0193 e. The standard InChI is InChI=1S/C11H25N3/c1-4-13(5-2)8-9-14-7-6-12-10-11(14)3/h11-12H,4-10H2,1-3H3/t11-/m1/s1. The van der Waals surface area contributed by atoms with Gasteiger partial charge >= 0.3 is 0 Å². The largest absolute Gasteiger partial charge is 0.314 e. The molecule has 0 aromatic carbocycles. The Balaban J connectivity index is 2.21. The summed E-state index contributed by atoms with van der Waals surface area (Å²) in [5, 5.41) is 3.42. The number of likely N-dealkylation sites (N-methyl/N-ethyl adjacent to an activating group) is 1. The van der Waals surface area contributed by atoms with E-state index in [4.69, 9.17) is 0 Å². The zero-order valence-electron chi connectivity index (χ0n) is 9.92. The van der Waals surface area contributed by atoms with E-state index in [1.807, 2.05) is 0 Å². The van der Waals surface area contributed by atoms with Crippen LogP contribution in [0.25, 0.3) is 0 Å². The van der Waals surface area contributed by atoms with E-state index in [2.05, 4.69) is 35.9 Å². The van der Waals surface area contributed by atoms with Crippen molar-refractivity contribution in [2.75, 3.05) is 45.8 Å². The van der Waals surface area contributed by atoms with Gasteiger partial charge in [-0.05, 0) is 20.0 Å². The van der Waals surface area contributed by atoms with Crippen molar-refractivity contribution in [2.24, 2.45) is 0 Å². The van der Waals surface area contributed by atoms with Gasteiger partial charge in [0.15, 0.2) is 0 Å². The second-order valence-electron chi connectivity index (χ2n) is 4.12. The average Bonchev–Trinajstić information content (AvgIpc) is 2.22. The highest BCUT2D eigenvalue weighted by Gasteiger charge is 2.17. The smallest absolute Gasteiger partial charge is 0.0193 e. The van der Waals surface area contributed by atoms with Crippen LogP contribution in [0.15, 0.2) is 0 Å². The Labute approximate surface area is 88.5 Å². The Morgan fingerprint density at radius 1 is 1.36 bits per heavy atom. The molecule has 0 spiro atoms. The van der Waals surface area contributed by atoms with Crippen LogP contribution >= 0.6 is 0 Å². The van der Waals surface area contributed by atoms with Crippen molar-refractivity contribution in [3.8, 4) is 0 Å². The molecule has 0 aromatic heterocycles. The first-order valence-electron chi connectivity index (χ1n) is 5.95. The van der Waals surface area contributed by atoms with Crippen molar-refractivity contribution in [2.45, 2.75) is 26.8 Å². The summed E-state index contributed by atoms with van der Waals surface area (Å²) < 4.78 is 0. The van der Waals surface area contributed by atoms with Gasteiger partial charge in [-0.25, -0.2) is 0 Å². The van der Waals surface area contributed by atoms with Gasteiger partial charge < -0.3 is 10.2 Å². The van der Waals surface area contributed by atoms with Crippen LogP contribution in [0.1, 0.15) is 20.8 Å². The van der Waals surface area contributed by atoms with Gasteiger partial charge in [0.2, 0.25) is 0 Å². The molecular formula is C11H25N3. The third-order valence-corrected chi connectivity index (χ3v) is 3.24. The molecule has 84 valence electrons. The van der Waals surface area contributed by atoms with Gasteiger partial charge in [0.05, 0.1) is 0 Å². The van der Waals surface area contributed by atoms with Crippen molar-refractivity contribution in [1.29, 1.82) is 0 Å². The first kappa shape index (κ1) is 12.0. The molecule has 1 atom stereocenters. The van der Waals surface area contributed by atoms with Crippen molar-refractivity contribution < 1.29 is 0 Å². The lowest BCUT2D eigenvalue weighted by Crippen LogP contribution is -2.51. The predicted molar refractivity (Wildman–Crippen MR) is 61.7 cm³/mol. The van der Waals surface area contributed by atoms with Crippen LogP contribution < -0.4 is 5.32 Å². The van der Waals surface area contributed by atoms with Crippen molar-refractivity contribution >= 4 is 0 Å². The van der Waals surface area contributed by atoms with Crippen LogP contribution in [0, 0.1) is 0 Å². The van der Waals surface area contributed by atoms with Gasteiger partial charge in [-0.3, -0.25) is 4.90 Å². The molecule has 0 radical (unpaired) electrons. The maximum atomic E-state index is 3.42. The normalized spacial score (nSPS) is 24.4. The molecule has 3 heteroatoms. The highest BCUT2D eigenvalue weighted by molar-refractivity contribution is 4.76. The van der Waals surface area contributed by atoms with E-state index in [1.165, 1.54) is 32.7 Å². The predicted octanol–water partition coefficient (Wildman–Crippen LogP) is 0.622. The fourth-order valence-corrected chi connectivity index (χ4v) is 2.02. The van der Waals surface area contributed by atoms with Crippen LogP contribution in [-0.4, -0.2) is 61.7 Å². The second kappa shape index (κ2) is 6.38. The minimum Gasteiger partial charge on any atom is -0.314 e. The minimum absolute atomic E-state index is 0.708. The van der Waals surface area contributed by atoms with Crippen LogP contribution in [-0.2, 0) is 0 Å². The van der Waals surface area contributed by atoms with E-state index in [-0.39, 0.29) is 0 Å². The summed E-state index contributed by atoms with van der Waals surface area (Å²) >= 11 is 0.